The van der Waals surface area contributed by atoms with Crippen LogP contribution >= 0.6 is 24.0 Å². The number of aromatic nitrogens is 2. The lowest BCUT2D eigenvalue weighted by atomic mass is 10.3. The molecule has 0 atom stereocenters. The molecule has 3 aromatic rings. The molecule has 1 aromatic heterocycles. The van der Waals surface area contributed by atoms with Gasteiger partial charge in [-0.05, 0) is 37.6 Å². The summed E-state index contributed by atoms with van der Waals surface area (Å²) in [4.78, 5) is 9.02. The second-order valence-corrected chi connectivity index (χ2v) is 8.56. The van der Waals surface area contributed by atoms with Gasteiger partial charge in [0.2, 0.25) is 10.0 Å². The van der Waals surface area contributed by atoms with Gasteiger partial charge in [0.05, 0.1) is 15.9 Å². The number of aryl methyl sites for hydroxylation is 2. The standard InChI is InChI=1S/C21H28N6O2S.HI/c1-17-26-19-11-6-7-12-20(19)27(17)16-8-13-23-21(22-2)24-14-15-25-30(28,29)18-9-4-3-5-10-18;/h3-7,9-12,25H,8,13-16H2,1-2H3,(H2,22,23,24);1H. The molecule has 3 rings (SSSR count). The lowest BCUT2D eigenvalue weighted by molar-refractivity contribution is 0.580. The molecule has 0 bridgehead atoms. The Bertz CT molecular complexity index is 1100. The van der Waals surface area contributed by atoms with Crippen molar-refractivity contribution >= 4 is 51.0 Å². The zero-order chi connectivity index (χ0) is 21.4. The minimum absolute atomic E-state index is 0. The third kappa shape index (κ3) is 6.91. The second kappa shape index (κ2) is 12.0. The van der Waals surface area contributed by atoms with Gasteiger partial charge in [-0.15, -0.1) is 24.0 Å². The van der Waals surface area contributed by atoms with Gasteiger partial charge in [0.25, 0.3) is 0 Å². The summed E-state index contributed by atoms with van der Waals surface area (Å²) in [5.74, 6) is 1.64. The average Bonchev–Trinajstić information content (AvgIpc) is 3.08. The summed E-state index contributed by atoms with van der Waals surface area (Å²) in [5, 5.41) is 6.38. The van der Waals surface area contributed by atoms with Crippen molar-refractivity contribution in [2.75, 3.05) is 26.7 Å². The molecule has 0 saturated carbocycles. The zero-order valence-corrected chi connectivity index (χ0v) is 20.9. The van der Waals surface area contributed by atoms with E-state index in [-0.39, 0.29) is 35.4 Å². The van der Waals surface area contributed by atoms with Gasteiger partial charge in [-0.1, -0.05) is 30.3 Å². The molecular weight excluding hydrogens is 527 g/mol. The van der Waals surface area contributed by atoms with E-state index in [0.29, 0.717) is 12.5 Å². The third-order valence-corrected chi connectivity index (χ3v) is 6.16. The highest BCUT2D eigenvalue weighted by molar-refractivity contribution is 14.0. The van der Waals surface area contributed by atoms with Crippen LogP contribution in [0.5, 0.6) is 0 Å². The SMILES string of the molecule is CN=C(NCCCn1c(C)nc2ccccc21)NCCNS(=O)(=O)c1ccccc1.I. The van der Waals surface area contributed by atoms with Gasteiger partial charge in [0, 0.05) is 33.2 Å². The Morgan fingerprint density at radius 3 is 2.42 bits per heavy atom. The van der Waals surface area contributed by atoms with Crippen LogP contribution in [0.2, 0.25) is 0 Å². The van der Waals surface area contributed by atoms with Gasteiger partial charge in [-0.25, -0.2) is 18.1 Å². The zero-order valence-electron chi connectivity index (χ0n) is 17.7. The van der Waals surface area contributed by atoms with Crippen LogP contribution in [0.1, 0.15) is 12.2 Å². The number of aliphatic imine (C=N–C) groups is 1. The van der Waals surface area contributed by atoms with Crippen LogP contribution in [0.15, 0.2) is 64.5 Å². The molecule has 2 aromatic carbocycles. The number of hydrogen-bond acceptors (Lipinski definition) is 4. The molecule has 0 saturated heterocycles. The fraction of sp³-hybridized carbons (Fsp3) is 0.333. The van der Waals surface area contributed by atoms with Crippen molar-refractivity contribution in [3.05, 3.63) is 60.4 Å². The van der Waals surface area contributed by atoms with E-state index in [1.54, 1.807) is 37.4 Å². The van der Waals surface area contributed by atoms with Gasteiger partial charge in [-0.2, -0.15) is 0 Å². The molecule has 0 fully saturated rings. The quantitative estimate of drug-likeness (QED) is 0.163. The Hall–Kier alpha value is -2.18. The molecule has 0 aliphatic rings. The van der Waals surface area contributed by atoms with Gasteiger partial charge in [0.1, 0.15) is 5.82 Å². The van der Waals surface area contributed by atoms with Gasteiger partial charge in [0.15, 0.2) is 5.96 Å². The molecule has 0 amide bonds. The maximum atomic E-state index is 12.2. The number of sulfonamides is 1. The van der Waals surface area contributed by atoms with Gasteiger partial charge >= 0.3 is 0 Å². The van der Waals surface area contributed by atoms with Crippen molar-refractivity contribution in [3.8, 4) is 0 Å². The van der Waals surface area contributed by atoms with Crippen molar-refractivity contribution in [3.63, 3.8) is 0 Å². The number of imidazole rings is 1. The molecular formula is C21H29IN6O2S. The third-order valence-electron chi connectivity index (χ3n) is 4.68. The summed E-state index contributed by atoms with van der Waals surface area (Å²) in [6.07, 6.45) is 0.905. The summed E-state index contributed by atoms with van der Waals surface area (Å²) in [5.41, 5.74) is 2.15. The minimum atomic E-state index is -3.49. The Kier molecular flexibility index (Phi) is 9.72. The topological polar surface area (TPSA) is 100 Å². The number of benzene rings is 2. The highest BCUT2D eigenvalue weighted by Gasteiger charge is 2.12. The summed E-state index contributed by atoms with van der Waals surface area (Å²) in [7, 11) is -1.80. The normalized spacial score (nSPS) is 11.9. The molecule has 0 spiro atoms. The van der Waals surface area contributed by atoms with E-state index >= 15 is 0 Å². The van der Waals surface area contributed by atoms with E-state index in [9.17, 15) is 8.42 Å². The minimum Gasteiger partial charge on any atom is -0.356 e. The predicted molar refractivity (Wildman–Crippen MR) is 135 cm³/mol. The number of hydrogen-bond donors (Lipinski definition) is 3. The predicted octanol–water partition coefficient (Wildman–Crippen LogP) is 2.50. The van der Waals surface area contributed by atoms with Crippen LogP contribution in [-0.4, -0.2) is 50.6 Å². The van der Waals surface area contributed by atoms with E-state index in [4.69, 9.17) is 0 Å². The van der Waals surface area contributed by atoms with Crippen LogP contribution in [0.4, 0.5) is 0 Å². The summed E-state index contributed by atoms with van der Waals surface area (Å²) < 4.78 is 29.2. The number of nitrogens with one attached hydrogen (secondary N) is 3. The van der Waals surface area contributed by atoms with E-state index in [2.05, 4.69) is 36.0 Å². The maximum Gasteiger partial charge on any atom is 0.240 e. The Balaban J connectivity index is 0.00000341. The van der Waals surface area contributed by atoms with Crippen LogP contribution < -0.4 is 15.4 Å². The number of nitrogens with zero attached hydrogens (tertiary/aromatic N) is 3. The number of fused-ring (bicyclic) bond motifs is 1. The first-order chi connectivity index (χ1) is 14.5. The molecule has 0 aliphatic heterocycles. The highest BCUT2D eigenvalue weighted by atomic mass is 127. The van der Waals surface area contributed by atoms with Crippen molar-refractivity contribution in [1.82, 2.24) is 24.9 Å². The van der Waals surface area contributed by atoms with Crippen molar-refractivity contribution in [2.24, 2.45) is 4.99 Å². The molecule has 8 nitrogen and oxygen atoms in total. The molecule has 0 radical (unpaired) electrons. The van der Waals surface area contributed by atoms with Crippen LogP contribution in [0.25, 0.3) is 11.0 Å². The largest absolute Gasteiger partial charge is 0.356 e. The fourth-order valence-corrected chi connectivity index (χ4v) is 4.24. The summed E-state index contributed by atoms with van der Waals surface area (Å²) in [6, 6.07) is 16.5. The lowest BCUT2D eigenvalue weighted by Gasteiger charge is -2.13. The van der Waals surface area contributed by atoms with Gasteiger partial charge in [-0.3, -0.25) is 4.99 Å². The second-order valence-electron chi connectivity index (χ2n) is 6.79. The van der Waals surface area contributed by atoms with Crippen LogP contribution in [0.3, 0.4) is 0 Å². The molecule has 0 unspecified atom stereocenters. The number of rotatable bonds is 9. The number of guanidine groups is 1. The lowest BCUT2D eigenvalue weighted by Crippen LogP contribution is -2.41. The van der Waals surface area contributed by atoms with Crippen molar-refractivity contribution < 1.29 is 8.42 Å². The molecule has 10 heteroatoms. The molecule has 1 heterocycles. The van der Waals surface area contributed by atoms with Crippen LogP contribution in [-0.2, 0) is 16.6 Å². The molecule has 168 valence electrons. The number of para-hydroxylation sites is 2. The number of halogens is 1. The highest BCUT2D eigenvalue weighted by Crippen LogP contribution is 2.15. The molecule has 0 aliphatic carbocycles. The monoisotopic (exact) mass is 556 g/mol. The van der Waals surface area contributed by atoms with Gasteiger partial charge < -0.3 is 15.2 Å². The van der Waals surface area contributed by atoms with Crippen molar-refractivity contribution in [2.45, 2.75) is 24.8 Å². The molecule has 31 heavy (non-hydrogen) atoms. The first-order valence-corrected chi connectivity index (χ1v) is 11.4. The summed E-state index contributed by atoms with van der Waals surface area (Å²) >= 11 is 0. The first-order valence-electron chi connectivity index (χ1n) is 9.92. The maximum absolute atomic E-state index is 12.2. The Labute approximate surface area is 200 Å². The van der Waals surface area contributed by atoms with Crippen molar-refractivity contribution in [1.29, 1.82) is 0 Å². The van der Waals surface area contributed by atoms with Crippen LogP contribution in [0, 0.1) is 6.92 Å². The fourth-order valence-electron chi connectivity index (χ4n) is 3.19. The van der Waals surface area contributed by atoms with E-state index in [0.717, 1.165) is 36.4 Å². The Morgan fingerprint density at radius 2 is 1.68 bits per heavy atom. The summed E-state index contributed by atoms with van der Waals surface area (Å²) in [6.45, 7) is 4.30. The Morgan fingerprint density at radius 1 is 1.00 bits per heavy atom. The van der Waals surface area contributed by atoms with E-state index < -0.39 is 10.0 Å². The van der Waals surface area contributed by atoms with E-state index in [1.807, 2.05) is 25.1 Å². The average molecular weight is 556 g/mol. The first kappa shape index (κ1) is 25.1. The smallest absolute Gasteiger partial charge is 0.240 e. The van der Waals surface area contributed by atoms with E-state index in [1.165, 1.54) is 0 Å². The molecule has 3 N–H and O–H groups in total.